The van der Waals surface area contributed by atoms with Crippen molar-refractivity contribution in [1.29, 1.82) is 0 Å². The number of fused-ring (bicyclic) bond motifs is 1. The zero-order valence-electron chi connectivity index (χ0n) is 13.7. The number of pyridine rings is 1. The van der Waals surface area contributed by atoms with Crippen molar-refractivity contribution >= 4 is 5.91 Å². The van der Waals surface area contributed by atoms with Crippen LogP contribution in [0.3, 0.4) is 0 Å². The van der Waals surface area contributed by atoms with Crippen molar-refractivity contribution in [2.75, 3.05) is 13.2 Å². The van der Waals surface area contributed by atoms with Gasteiger partial charge in [0, 0.05) is 31.5 Å². The monoisotopic (exact) mass is 332 g/mol. The second kappa shape index (κ2) is 6.78. The number of carbonyl (C=O) groups excluding carboxylic acids is 1. The van der Waals surface area contributed by atoms with Crippen LogP contribution in [0.1, 0.15) is 31.2 Å². The molecule has 1 aromatic rings. The van der Waals surface area contributed by atoms with Gasteiger partial charge in [-0.05, 0) is 37.3 Å². The Kier molecular flexibility index (Phi) is 4.52. The lowest BCUT2D eigenvalue weighted by Gasteiger charge is -2.37. The lowest BCUT2D eigenvalue weighted by atomic mass is 9.81. The average Bonchev–Trinajstić information content (AvgIpc) is 2.96. The van der Waals surface area contributed by atoms with Gasteiger partial charge in [-0.25, -0.2) is 0 Å². The first kappa shape index (κ1) is 16.0. The van der Waals surface area contributed by atoms with Crippen LogP contribution in [-0.2, 0) is 20.9 Å². The Hall–Kier alpha value is -1.50. The fraction of sp³-hybridized carbons (Fsp3) is 0.667. The van der Waals surface area contributed by atoms with Gasteiger partial charge >= 0.3 is 0 Å². The lowest BCUT2D eigenvalue weighted by molar-refractivity contribution is -0.145. The van der Waals surface area contributed by atoms with Crippen LogP contribution in [0.5, 0.6) is 0 Å². The van der Waals surface area contributed by atoms with Gasteiger partial charge in [0.25, 0.3) is 0 Å². The quantitative estimate of drug-likeness (QED) is 0.895. The van der Waals surface area contributed by atoms with E-state index in [1.165, 1.54) is 0 Å². The van der Waals surface area contributed by atoms with E-state index in [4.69, 9.17) is 9.47 Å². The van der Waals surface area contributed by atoms with E-state index in [2.05, 4.69) is 4.98 Å². The van der Waals surface area contributed by atoms with E-state index in [-0.39, 0.29) is 36.2 Å². The van der Waals surface area contributed by atoms with Crippen LogP contribution in [0.2, 0.25) is 0 Å². The summed E-state index contributed by atoms with van der Waals surface area (Å²) in [5, 5.41) is 9.48. The third-order valence-electron chi connectivity index (χ3n) is 5.41. The third-order valence-corrected chi connectivity index (χ3v) is 5.41. The maximum atomic E-state index is 12.7. The van der Waals surface area contributed by atoms with Gasteiger partial charge in [-0.1, -0.05) is 6.07 Å². The standard InChI is InChI=1S/C18H24N2O4/c21-14-7-13(8-14)18(22)20-10-16(17-15(20)4-2-6-23-17)24-11-12-3-1-5-19-9-12/h1,3,5,9,13-17,21H,2,4,6-8,10-11H2/t13?,14?,15-,16+,17+/m1/s1. The molecule has 0 aromatic carbocycles. The van der Waals surface area contributed by atoms with Crippen LogP contribution < -0.4 is 0 Å². The predicted molar refractivity (Wildman–Crippen MR) is 86.0 cm³/mol. The van der Waals surface area contributed by atoms with Crippen LogP contribution in [-0.4, -0.2) is 58.4 Å². The molecule has 4 rings (SSSR count). The van der Waals surface area contributed by atoms with E-state index >= 15 is 0 Å². The first-order valence-corrected chi connectivity index (χ1v) is 8.83. The largest absolute Gasteiger partial charge is 0.393 e. The van der Waals surface area contributed by atoms with Crippen LogP contribution in [0.15, 0.2) is 24.5 Å². The molecule has 3 heterocycles. The van der Waals surface area contributed by atoms with Crippen LogP contribution in [0, 0.1) is 5.92 Å². The number of aromatic nitrogens is 1. The van der Waals surface area contributed by atoms with E-state index in [1.54, 1.807) is 12.4 Å². The van der Waals surface area contributed by atoms with E-state index < -0.39 is 0 Å². The van der Waals surface area contributed by atoms with E-state index in [0.717, 1.165) is 25.0 Å². The molecule has 0 radical (unpaired) electrons. The number of likely N-dealkylation sites (tertiary alicyclic amines) is 1. The molecule has 0 spiro atoms. The summed E-state index contributed by atoms with van der Waals surface area (Å²) in [5.74, 6) is 0.132. The molecule has 1 N–H and O–H groups in total. The maximum absolute atomic E-state index is 12.7. The van der Waals surface area contributed by atoms with Crippen molar-refractivity contribution in [3.05, 3.63) is 30.1 Å². The molecule has 3 fully saturated rings. The lowest BCUT2D eigenvalue weighted by Crippen LogP contribution is -2.48. The highest BCUT2D eigenvalue weighted by Gasteiger charge is 2.49. The highest BCUT2D eigenvalue weighted by molar-refractivity contribution is 5.80. The van der Waals surface area contributed by atoms with Gasteiger partial charge in [-0.2, -0.15) is 0 Å². The predicted octanol–water partition coefficient (Wildman–Crippen LogP) is 1.13. The van der Waals surface area contributed by atoms with E-state index in [9.17, 15) is 9.90 Å². The van der Waals surface area contributed by atoms with Gasteiger partial charge in [0.15, 0.2) is 0 Å². The van der Waals surface area contributed by atoms with E-state index in [0.29, 0.717) is 26.0 Å². The number of hydrogen-bond acceptors (Lipinski definition) is 5. The number of nitrogens with zero attached hydrogens (tertiary/aromatic N) is 2. The summed E-state index contributed by atoms with van der Waals surface area (Å²) in [6.07, 6.45) is 6.24. The molecule has 1 aliphatic carbocycles. The Balaban J connectivity index is 1.42. The molecule has 1 saturated carbocycles. The summed E-state index contributed by atoms with van der Waals surface area (Å²) in [4.78, 5) is 18.8. The molecule has 2 saturated heterocycles. The summed E-state index contributed by atoms with van der Waals surface area (Å²) in [7, 11) is 0. The van der Waals surface area contributed by atoms with Crippen molar-refractivity contribution in [2.45, 2.75) is 56.6 Å². The van der Waals surface area contributed by atoms with Crippen molar-refractivity contribution in [1.82, 2.24) is 9.88 Å². The minimum absolute atomic E-state index is 0.0281. The highest BCUT2D eigenvalue weighted by Crippen LogP contribution is 2.36. The Morgan fingerprint density at radius 2 is 2.33 bits per heavy atom. The summed E-state index contributed by atoms with van der Waals surface area (Å²) >= 11 is 0. The summed E-state index contributed by atoms with van der Waals surface area (Å²) in [6, 6.07) is 3.99. The Morgan fingerprint density at radius 1 is 1.46 bits per heavy atom. The van der Waals surface area contributed by atoms with E-state index in [1.807, 2.05) is 17.0 Å². The number of aliphatic hydroxyl groups excluding tert-OH is 1. The smallest absolute Gasteiger partial charge is 0.226 e. The summed E-state index contributed by atoms with van der Waals surface area (Å²) in [6.45, 7) is 1.80. The molecular formula is C18H24N2O4. The molecule has 1 amide bonds. The van der Waals surface area contributed by atoms with Crippen LogP contribution in [0.4, 0.5) is 0 Å². The van der Waals surface area contributed by atoms with Crippen molar-refractivity contribution in [3.63, 3.8) is 0 Å². The second-order valence-corrected chi connectivity index (χ2v) is 7.07. The molecule has 24 heavy (non-hydrogen) atoms. The zero-order valence-corrected chi connectivity index (χ0v) is 13.7. The minimum Gasteiger partial charge on any atom is -0.393 e. The van der Waals surface area contributed by atoms with Gasteiger partial charge in [-0.3, -0.25) is 9.78 Å². The molecular weight excluding hydrogens is 308 g/mol. The van der Waals surface area contributed by atoms with Crippen molar-refractivity contribution < 1.29 is 19.4 Å². The molecule has 2 aliphatic heterocycles. The first-order valence-electron chi connectivity index (χ1n) is 8.83. The molecule has 3 atom stereocenters. The minimum atomic E-state index is -0.308. The fourth-order valence-corrected chi connectivity index (χ4v) is 4.02. The van der Waals surface area contributed by atoms with Gasteiger partial charge < -0.3 is 19.5 Å². The van der Waals surface area contributed by atoms with Crippen molar-refractivity contribution in [2.24, 2.45) is 5.92 Å². The van der Waals surface area contributed by atoms with Crippen LogP contribution >= 0.6 is 0 Å². The number of ether oxygens (including phenoxy) is 2. The Morgan fingerprint density at radius 3 is 3.08 bits per heavy atom. The molecule has 6 nitrogen and oxygen atoms in total. The first-order chi connectivity index (χ1) is 11.7. The van der Waals surface area contributed by atoms with Gasteiger partial charge in [0.1, 0.15) is 12.2 Å². The number of rotatable bonds is 4. The highest BCUT2D eigenvalue weighted by atomic mass is 16.5. The summed E-state index contributed by atoms with van der Waals surface area (Å²) < 4.78 is 12.0. The van der Waals surface area contributed by atoms with Gasteiger partial charge in [0.2, 0.25) is 5.91 Å². The van der Waals surface area contributed by atoms with Crippen molar-refractivity contribution in [3.8, 4) is 0 Å². The third kappa shape index (κ3) is 3.06. The topological polar surface area (TPSA) is 71.9 Å². The van der Waals surface area contributed by atoms with Gasteiger partial charge in [0.05, 0.1) is 18.8 Å². The number of amides is 1. The maximum Gasteiger partial charge on any atom is 0.226 e. The average molecular weight is 332 g/mol. The van der Waals surface area contributed by atoms with Crippen LogP contribution in [0.25, 0.3) is 0 Å². The summed E-state index contributed by atoms with van der Waals surface area (Å²) in [5.41, 5.74) is 1.02. The SMILES string of the molecule is O=C(C1CC(O)C1)N1C[C@H](OCc2cccnc2)[C@H]2OCCC[C@H]21. The molecule has 0 bridgehead atoms. The second-order valence-electron chi connectivity index (χ2n) is 7.07. The molecule has 0 unspecified atom stereocenters. The molecule has 130 valence electrons. The number of aliphatic hydroxyl groups is 1. The number of hydrogen-bond donors (Lipinski definition) is 1. The molecule has 3 aliphatic rings. The Bertz CT molecular complexity index is 576. The normalized spacial score (nSPS) is 35.4. The number of carbonyl (C=O) groups is 1. The van der Waals surface area contributed by atoms with Gasteiger partial charge in [-0.15, -0.1) is 0 Å². The molecule has 1 aromatic heterocycles. The molecule has 6 heteroatoms. The fourth-order valence-electron chi connectivity index (χ4n) is 4.02. The zero-order chi connectivity index (χ0) is 16.5. The Labute approximate surface area is 141 Å².